The van der Waals surface area contributed by atoms with Crippen molar-refractivity contribution in [1.29, 1.82) is 0 Å². The summed E-state index contributed by atoms with van der Waals surface area (Å²) in [6.45, 7) is -4.37. The monoisotopic (exact) mass is 666 g/mol. The fraction of sp³-hybridized carbons (Fsp3) is 1.00. The van der Waals surface area contributed by atoms with Gasteiger partial charge in [-0.25, -0.2) is 0 Å². The van der Waals surface area contributed by atoms with E-state index >= 15 is 0 Å². The number of ether oxygens (including phenoxy) is 7. The minimum Gasteiger partial charge on any atom is -0.394 e. The van der Waals surface area contributed by atoms with E-state index in [1.807, 2.05) is 0 Å². The van der Waals surface area contributed by atoms with E-state index in [4.69, 9.17) is 33.2 Å². The van der Waals surface area contributed by atoms with Gasteiger partial charge < -0.3 is 105 Å². The fourth-order valence-corrected chi connectivity index (χ4v) is 5.50. The van der Waals surface area contributed by atoms with Gasteiger partial charge in [-0.1, -0.05) is 0 Å². The van der Waals surface area contributed by atoms with Gasteiger partial charge in [0.2, 0.25) is 5.79 Å². The molecular weight excluding hydrogens is 624 g/mol. The molecule has 4 fully saturated rings. The van der Waals surface area contributed by atoms with Crippen LogP contribution in [0.15, 0.2) is 0 Å². The van der Waals surface area contributed by atoms with Gasteiger partial charge in [0.05, 0.1) is 26.4 Å². The van der Waals surface area contributed by atoms with E-state index in [2.05, 4.69) is 0 Å². The maximum atomic E-state index is 11.1. The second-order valence-electron chi connectivity index (χ2n) is 11.2. The number of aliphatic hydroxyl groups excluding tert-OH is 14. The average molecular weight is 667 g/mol. The molecule has 21 heteroatoms. The lowest BCUT2D eigenvalue weighted by molar-refractivity contribution is -0.402. The van der Waals surface area contributed by atoms with Gasteiger partial charge in [0, 0.05) is 0 Å². The van der Waals surface area contributed by atoms with Crippen LogP contribution in [0.3, 0.4) is 0 Å². The summed E-state index contributed by atoms with van der Waals surface area (Å²) in [5.41, 5.74) is 0. The third-order valence-electron chi connectivity index (χ3n) is 8.28. The Hall–Kier alpha value is -0.840. The first-order valence-electron chi connectivity index (χ1n) is 14.1. The van der Waals surface area contributed by atoms with Gasteiger partial charge in [-0.3, -0.25) is 0 Å². The van der Waals surface area contributed by atoms with Crippen LogP contribution in [0.5, 0.6) is 0 Å². The molecular formula is C24H42O21. The van der Waals surface area contributed by atoms with Gasteiger partial charge in [-0.2, -0.15) is 0 Å². The van der Waals surface area contributed by atoms with Gasteiger partial charge in [-0.15, -0.1) is 0 Å². The summed E-state index contributed by atoms with van der Waals surface area (Å²) in [6.07, 6.45) is -32.3. The Kier molecular flexibility index (Phi) is 12.5. The van der Waals surface area contributed by atoms with E-state index in [0.717, 1.165) is 0 Å². The van der Waals surface area contributed by atoms with Gasteiger partial charge in [-0.05, 0) is 0 Å². The van der Waals surface area contributed by atoms with Crippen molar-refractivity contribution in [2.45, 2.75) is 116 Å². The Labute approximate surface area is 254 Å². The molecule has 0 aromatic carbocycles. The second kappa shape index (κ2) is 15.1. The molecule has 14 N–H and O–H groups in total. The van der Waals surface area contributed by atoms with Crippen molar-refractivity contribution in [2.24, 2.45) is 0 Å². The lowest BCUT2D eigenvalue weighted by atomic mass is 9.96. The van der Waals surface area contributed by atoms with E-state index < -0.39 is 149 Å². The summed E-state index contributed by atoms with van der Waals surface area (Å²) >= 11 is 0. The zero-order valence-corrected chi connectivity index (χ0v) is 23.5. The molecule has 4 aliphatic rings. The van der Waals surface area contributed by atoms with Crippen LogP contribution in [-0.4, -0.2) is 221 Å². The molecule has 4 aliphatic heterocycles. The summed E-state index contributed by atoms with van der Waals surface area (Å²) in [5, 5.41) is 142. The van der Waals surface area contributed by atoms with E-state index in [0.29, 0.717) is 0 Å². The normalized spacial score (nSPS) is 52.7. The van der Waals surface area contributed by atoms with Crippen LogP contribution in [0, 0.1) is 0 Å². The van der Waals surface area contributed by atoms with Crippen molar-refractivity contribution in [3.8, 4) is 0 Å². The Morgan fingerprint density at radius 2 is 0.978 bits per heavy atom. The van der Waals surface area contributed by atoms with Gasteiger partial charge in [0.25, 0.3) is 0 Å². The molecule has 0 saturated carbocycles. The largest absolute Gasteiger partial charge is 0.394 e. The first kappa shape index (κ1) is 37.0. The molecule has 19 atom stereocenters. The van der Waals surface area contributed by atoms with Crippen LogP contribution in [0.25, 0.3) is 0 Å². The molecule has 0 bridgehead atoms. The zero-order valence-electron chi connectivity index (χ0n) is 23.5. The van der Waals surface area contributed by atoms with Crippen LogP contribution < -0.4 is 0 Å². The SMILES string of the molecule is OC[C@H]1O[C@H](OC[C@H]2O[C@H](O[C@]3(CO)O[C@H](CO)[C@@H](O)[C@@H]3O)[C@H](O)[C@@H](O)[C@@H]2O[C@H]2O[C@H](CO)[C@H](O)[C@H](O)[C@H]2O)[C@H](O)[C@@H](O)[C@H]1O. The van der Waals surface area contributed by atoms with Crippen molar-refractivity contribution in [1.82, 2.24) is 0 Å². The lowest BCUT2D eigenvalue weighted by Gasteiger charge is -2.48. The Balaban J connectivity index is 1.58. The molecule has 4 saturated heterocycles. The molecule has 45 heavy (non-hydrogen) atoms. The Morgan fingerprint density at radius 3 is 1.49 bits per heavy atom. The second-order valence-corrected chi connectivity index (χ2v) is 11.2. The topological polar surface area (TPSA) is 348 Å². The number of aliphatic hydroxyl groups is 14. The summed E-state index contributed by atoms with van der Waals surface area (Å²) in [4.78, 5) is 0. The summed E-state index contributed by atoms with van der Waals surface area (Å²) in [7, 11) is 0. The van der Waals surface area contributed by atoms with Crippen molar-refractivity contribution in [3.63, 3.8) is 0 Å². The lowest BCUT2D eigenvalue weighted by Crippen LogP contribution is -2.66. The van der Waals surface area contributed by atoms with Gasteiger partial charge in [0.15, 0.2) is 18.9 Å². The predicted octanol–water partition coefficient (Wildman–Crippen LogP) is -9.75. The van der Waals surface area contributed by atoms with Crippen molar-refractivity contribution >= 4 is 0 Å². The van der Waals surface area contributed by atoms with Crippen LogP contribution >= 0.6 is 0 Å². The molecule has 4 rings (SSSR count). The molecule has 0 radical (unpaired) electrons. The smallest absolute Gasteiger partial charge is 0.224 e. The van der Waals surface area contributed by atoms with Crippen LogP contribution in [0.1, 0.15) is 0 Å². The van der Waals surface area contributed by atoms with E-state index in [1.165, 1.54) is 0 Å². The van der Waals surface area contributed by atoms with E-state index in [-0.39, 0.29) is 0 Å². The van der Waals surface area contributed by atoms with Crippen molar-refractivity contribution in [2.75, 3.05) is 33.0 Å². The van der Waals surface area contributed by atoms with Gasteiger partial charge >= 0.3 is 0 Å². The molecule has 0 unspecified atom stereocenters. The number of hydrogen-bond donors (Lipinski definition) is 14. The first-order chi connectivity index (χ1) is 21.2. The maximum Gasteiger partial charge on any atom is 0.224 e. The number of hydrogen-bond acceptors (Lipinski definition) is 21. The molecule has 0 amide bonds. The van der Waals surface area contributed by atoms with Gasteiger partial charge in [0.1, 0.15) is 98.2 Å². The summed E-state index contributed by atoms with van der Waals surface area (Å²) in [6, 6.07) is 0. The predicted molar refractivity (Wildman–Crippen MR) is 134 cm³/mol. The van der Waals surface area contributed by atoms with Crippen molar-refractivity contribution in [3.05, 3.63) is 0 Å². The minimum atomic E-state index is -2.49. The van der Waals surface area contributed by atoms with Crippen LogP contribution in [0.2, 0.25) is 0 Å². The number of rotatable bonds is 11. The highest BCUT2D eigenvalue weighted by Gasteiger charge is 2.59. The van der Waals surface area contributed by atoms with E-state index in [1.54, 1.807) is 0 Å². The molecule has 0 aromatic rings. The maximum absolute atomic E-state index is 11.1. The third kappa shape index (κ3) is 7.15. The molecule has 264 valence electrons. The molecule has 0 spiro atoms. The molecule has 0 aliphatic carbocycles. The quantitative estimate of drug-likeness (QED) is 0.0973. The molecule has 4 heterocycles. The first-order valence-corrected chi connectivity index (χ1v) is 14.1. The summed E-state index contributed by atoms with van der Waals surface area (Å²) < 4.78 is 38.2. The fourth-order valence-electron chi connectivity index (χ4n) is 5.50. The Bertz CT molecular complexity index is 929. The van der Waals surface area contributed by atoms with Crippen molar-refractivity contribution < 1.29 is 105 Å². The molecule has 0 aromatic heterocycles. The zero-order chi connectivity index (χ0) is 33.4. The highest BCUT2D eigenvalue weighted by atomic mass is 16.8. The highest BCUT2D eigenvalue weighted by Crippen LogP contribution is 2.37. The average Bonchev–Trinajstić information content (AvgIpc) is 3.28. The highest BCUT2D eigenvalue weighted by molar-refractivity contribution is 4.99. The standard InChI is InChI=1S/C24H42O21/c25-1-6-10(29)13(32)16(35)21(40-6)39-4-9-19(43-22-17(36)14(33)11(30)7(2-26)41-22)15(34)18(37)23(42-9)45-24(5-28)20(38)12(31)8(3-27)44-24/h6-23,25-38H,1-5H2/t6-,7-,8-,9-,10+,11+,12-,13+,14+,15-,16-,17-,18-,19-,20+,21+,22-,23-,24+/m1/s1. The minimum absolute atomic E-state index is 0.786. The van der Waals surface area contributed by atoms with Crippen LogP contribution in [0.4, 0.5) is 0 Å². The summed E-state index contributed by atoms with van der Waals surface area (Å²) in [5.74, 6) is -2.49. The van der Waals surface area contributed by atoms with E-state index in [9.17, 15) is 71.5 Å². The molecule has 21 nitrogen and oxygen atoms in total. The van der Waals surface area contributed by atoms with Crippen LogP contribution in [-0.2, 0) is 33.2 Å². The Morgan fingerprint density at radius 1 is 0.489 bits per heavy atom. The third-order valence-corrected chi connectivity index (χ3v) is 8.28.